The molecule has 4 N–H and O–H groups in total. The number of anilines is 2. The van der Waals surface area contributed by atoms with Gasteiger partial charge < -0.3 is 25.3 Å². The average molecular weight is 276 g/mol. The molecule has 0 atom stereocenters. The van der Waals surface area contributed by atoms with Gasteiger partial charge in [-0.1, -0.05) is 0 Å². The Morgan fingerprint density at radius 1 is 1.20 bits per heavy atom. The number of nitrogens with zero attached hydrogens (tertiary/aromatic N) is 1. The van der Waals surface area contributed by atoms with E-state index in [0.717, 1.165) is 16.8 Å². The summed E-state index contributed by atoms with van der Waals surface area (Å²) in [7, 11) is 0. The van der Waals surface area contributed by atoms with E-state index in [1.807, 2.05) is 36.1 Å². The number of aliphatic hydroxyl groups excluding tert-OH is 2. The predicted molar refractivity (Wildman–Crippen MR) is 79.7 cm³/mol. The number of benzene rings is 1. The molecule has 0 amide bonds. The third-order valence-electron chi connectivity index (χ3n) is 3.26. The van der Waals surface area contributed by atoms with Gasteiger partial charge in [-0.3, -0.25) is 0 Å². The lowest BCUT2D eigenvalue weighted by Gasteiger charge is -2.24. The summed E-state index contributed by atoms with van der Waals surface area (Å²) in [5, 5.41) is 18.3. The fourth-order valence-electron chi connectivity index (χ4n) is 2.21. The predicted octanol–water partition coefficient (Wildman–Crippen LogP) is 1.63. The molecule has 5 nitrogen and oxygen atoms in total. The lowest BCUT2D eigenvalue weighted by molar-refractivity contribution is 0.281. The molecule has 0 radical (unpaired) electrons. The van der Waals surface area contributed by atoms with Crippen molar-refractivity contribution in [1.82, 2.24) is 0 Å². The van der Waals surface area contributed by atoms with E-state index in [9.17, 15) is 0 Å². The van der Waals surface area contributed by atoms with Crippen LogP contribution in [0.1, 0.15) is 5.56 Å². The summed E-state index contributed by atoms with van der Waals surface area (Å²) in [5.74, 6) is 0.709. The molecule has 108 valence electrons. The van der Waals surface area contributed by atoms with Crippen molar-refractivity contribution in [3.8, 4) is 11.3 Å². The molecule has 5 heteroatoms. The van der Waals surface area contributed by atoms with Gasteiger partial charge in [-0.15, -0.1) is 0 Å². The van der Waals surface area contributed by atoms with Crippen LogP contribution in [0.4, 0.5) is 11.4 Å². The zero-order valence-electron chi connectivity index (χ0n) is 11.5. The van der Waals surface area contributed by atoms with Crippen molar-refractivity contribution in [3.63, 3.8) is 0 Å². The first kappa shape index (κ1) is 14.4. The molecule has 20 heavy (non-hydrogen) atoms. The highest BCUT2D eigenvalue weighted by atomic mass is 16.3. The molecule has 0 aliphatic heterocycles. The monoisotopic (exact) mass is 276 g/mol. The summed E-state index contributed by atoms with van der Waals surface area (Å²) in [4.78, 5) is 1.92. The molecular formula is C15H20N2O3. The Balaban J connectivity index is 2.44. The Labute approximate surface area is 118 Å². The molecule has 1 aromatic carbocycles. The molecule has 0 bridgehead atoms. The Bertz CT molecular complexity index is 546. The fraction of sp³-hybridized carbons (Fsp3) is 0.333. The van der Waals surface area contributed by atoms with Gasteiger partial charge in [0.15, 0.2) is 0 Å². The third-order valence-corrected chi connectivity index (χ3v) is 3.26. The zero-order valence-corrected chi connectivity index (χ0v) is 11.5. The molecule has 2 rings (SSSR count). The molecule has 0 aliphatic carbocycles. The van der Waals surface area contributed by atoms with Crippen molar-refractivity contribution in [2.45, 2.75) is 6.92 Å². The highest BCUT2D eigenvalue weighted by Crippen LogP contribution is 2.33. The second-order valence-corrected chi connectivity index (χ2v) is 4.64. The molecule has 1 aromatic heterocycles. The van der Waals surface area contributed by atoms with Crippen molar-refractivity contribution in [1.29, 1.82) is 0 Å². The minimum Gasteiger partial charge on any atom is -0.464 e. The van der Waals surface area contributed by atoms with Crippen LogP contribution in [-0.2, 0) is 0 Å². The normalized spacial score (nSPS) is 10.8. The third kappa shape index (κ3) is 2.95. The summed E-state index contributed by atoms with van der Waals surface area (Å²) in [5.41, 5.74) is 9.46. The van der Waals surface area contributed by atoms with Crippen molar-refractivity contribution in [2.75, 3.05) is 36.9 Å². The zero-order chi connectivity index (χ0) is 14.5. The van der Waals surface area contributed by atoms with E-state index in [1.54, 1.807) is 6.26 Å². The summed E-state index contributed by atoms with van der Waals surface area (Å²) in [6, 6.07) is 7.55. The quantitative estimate of drug-likeness (QED) is 0.698. The molecule has 0 saturated carbocycles. The number of rotatable bonds is 6. The lowest BCUT2D eigenvalue weighted by atomic mass is 10.0. The summed E-state index contributed by atoms with van der Waals surface area (Å²) in [6.07, 6.45) is 1.61. The van der Waals surface area contributed by atoms with Crippen LogP contribution in [0.15, 0.2) is 34.9 Å². The smallest absolute Gasteiger partial charge is 0.136 e. The first-order valence-electron chi connectivity index (χ1n) is 6.58. The van der Waals surface area contributed by atoms with Crippen LogP contribution in [0.2, 0.25) is 0 Å². The Morgan fingerprint density at radius 2 is 1.90 bits per heavy atom. The van der Waals surface area contributed by atoms with Gasteiger partial charge in [0.05, 0.1) is 19.5 Å². The Hall–Kier alpha value is -1.98. The minimum absolute atomic E-state index is 0.0273. The number of aryl methyl sites for hydroxylation is 1. The van der Waals surface area contributed by atoms with Gasteiger partial charge in [0.2, 0.25) is 0 Å². The lowest BCUT2D eigenvalue weighted by Crippen LogP contribution is -2.29. The summed E-state index contributed by atoms with van der Waals surface area (Å²) >= 11 is 0. The van der Waals surface area contributed by atoms with Crippen LogP contribution in [-0.4, -0.2) is 36.5 Å². The van der Waals surface area contributed by atoms with Crippen molar-refractivity contribution >= 4 is 11.4 Å². The number of nitrogens with two attached hydrogens (primary N) is 1. The van der Waals surface area contributed by atoms with Crippen LogP contribution >= 0.6 is 0 Å². The Kier molecular flexibility index (Phi) is 4.65. The van der Waals surface area contributed by atoms with E-state index in [2.05, 4.69) is 0 Å². The largest absolute Gasteiger partial charge is 0.464 e. The molecule has 0 fully saturated rings. The van der Waals surface area contributed by atoms with Crippen LogP contribution in [0.3, 0.4) is 0 Å². The standard InChI is InChI=1S/C15H20N2O3/c1-11-9-12(17(4-6-18)5-7-19)10-13(15(11)16)14-3-2-8-20-14/h2-3,8-10,18-19H,4-7,16H2,1H3. The van der Waals surface area contributed by atoms with Gasteiger partial charge >= 0.3 is 0 Å². The molecule has 0 aliphatic rings. The van der Waals surface area contributed by atoms with Crippen LogP contribution in [0, 0.1) is 6.92 Å². The van der Waals surface area contributed by atoms with E-state index >= 15 is 0 Å². The van der Waals surface area contributed by atoms with Gasteiger partial charge in [0.1, 0.15) is 5.76 Å². The van der Waals surface area contributed by atoms with Crippen molar-refractivity contribution < 1.29 is 14.6 Å². The molecule has 2 aromatic rings. The van der Waals surface area contributed by atoms with E-state index in [-0.39, 0.29) is 13.2 Å². The summed E-state index contributed by atoms with van der Waals surface area (Å²) < 4.78 is 5.41. The van der Waals surface area contributed by atoms with Crippen LogP contribution in [0.25, 0.3) is 11.3 Å². The number of nitrogen functional groups attached to an aromatic ring is 1. The van der Waals surface area contributed by atoms with Crippen LogP contribution < -0.4 is 10.6 Å². The highest BCUT2D eigenvalue weighted by molar-refractivity contribution is 5.79. The van der Waals surface area contributed by atoms with Gasteiger partial charge in [0, 0.05) is 30.0 Å². The van der Waals surface area contributed by atoms with Gasteiger partial charge in [-0.25, -0.2) is 0 Å². The number of furan rings is 1. The average Bonchev–Trinajstić information content (AvgIpc) is 2.95. The number of hydrogen-bond donors (Lipinski definition) is 3. The maximum Gasteiger partial charge on any atom is 0.136 e. The fourth-order valence-corrected chi connectivity index (χ4v) is 2.21. The molecule has 1 heterocycles. The van der Waals surface area contributed by atoms with E-state index in [4.69, 9.17) is 20.4 Å². The second-order valence-electron chi connectivity index (χ2n) is 4.64. The maximum absolute atomic E-state index is 9.14. The van der Waals surface area contributed by atoms with Gasteiger partial charge in [-0.2, -0.15) is 0 Å². The molecule has 0 saturated heterocycles. The first-order chi connectivity index (χ1) is 9.67. The molecule has 0 unspecified atom stereocenters. The first-order valence-corrected chi connectivity index (χ1v) is 6.58. The van der Waals surface area contributed by atoms with E-state index < -0.39 is 0 Å². The van der Waals surface area contributed by atoms with Gasteiger partial charge in [-0.05, 0) is 36.8 Å². The number of hydrogen-bond acceptors (Lipinski definition) is 5. The Morgan fingerprint density at radius 3 is 2.45 bits per heavy atom. The SMILES string of the molecule is Cc1cc(N(CCO)CCO)cc(-c2ccco2)c1N. The highest BCUT2D eigenvalue weighted by Gasteiger charge is 2.13. The minimum atomic E-state index is 0.0273. The topological polar surface area (TPSA) is 82.9 Å². The molecular weight excluding hydrogens is 256 g/mol. The maximum atomic E-state index is 9.14. The van der Waals surface area contributed by atoms with Crippen molar-refractivity contribution in [3.05, 3.63) is 36.1 Å². The van der Waals surface area contributed by atoms with Crippen molar-refractivity contribution in [2.24, 2.45) is 0 Å². The number of aliphatic hydroxyl groups is 2. The second kappa shape index (κ2) is 6.45. The van der Waals surface area contributed by atoms with Crippen LogP contribution in [0.5, 0.6) is 0 Å². The van der Waals surface area contributed by atoms with E-state index in [0.29, 0.717) is 24.5 Å². The molecule has 0 spiro atoms. The van der Waals surface area contributed by atoms with Gasteiger partial charge in [0.25, 0.3) is 0 Å². The summed E-state index contributed by atoms with van der Waals surface area (Å²) in [6.45, 7) is 2.91. The van der Waals surface area contributed by atoms with E-state index in [1.165, 1.54) is 0 Å².